The molecule has 0 atom stereocenters. The topological polar surface area (TPSA) is 142 Å². The van der Waals surface area contributed by atoms with Gasteiger partial charge >= 0.3 is 5.97 Å². The first-order valence-corrected chi connectivity index (χ1v) is 7.12. The molecular weight excluding hydrogens is 298 g/mol. The maximum absolute atomic E-state index is 12.1. The molecule has 0 saturated heterocycles. The van der Waals surface area contributed by atoms with Gasteiger partial charge in [0.05, 0.1) is 0 Å². The van der Waals surface area contributed by atoms with Gasteiger partial charge in [0.2, 0.25) is 5.91 Å². The van der Waals surface area contributed by atoms with Crippen LogP contribution in [0, 0.1) is 0 Å². The van der Waals surface area contributed by atoms with Gasteiger partial charge in [0.1, 0.15) is 10.6 Å². The van der Waals surface area contributed by atoms with Crippen molar-refractivity contribution in [2.75, 3.05) is 4.72 Å². The van der Waals surface area contributed by atoms with Crippen LogP contribution in [0.15, 0.2) is 41.4 Å². The molecule has 5 N–H and O–H groups in total. The van der Waals surface area contributed by atoms with Crippen LogP contribution in [0.3, 0.4) is 0 Å². The van der Waals surface area contributed by atoms with E-state index in [1.54, 1.807) is 0 Å². The Morgan fingerprint density at radius 2 is 1.95 bits per heavy atom. The Labute approximate surface area is 119 Å². The summed E-state index contributed by atoms with van der Waals surface area (Å²) in [6.45, 7) is 0. The summed E-state index contributed by atoms with van der Waals surface area (Å²) in [4.78, 5) is 23.9. The normalized spacial score (nSPS) is 11.0. The molecule has 1 heterocycles. The number of amides is 1. The van der Waals surface area contributed by atoms with Crippen molar-refractivity contribution in [2.45, 2.75) is 4.90 Å². The lowest BCUT2D eigenvalue weighted by Crippen LogP contribution is -2.14. The van der Waals surface area contributed by atoms with Gasteiger partial charge in [0, 0.05) is 17.4 Å². The van der Waals surface area contributed by atoms with Gasteiger partial charge in [-0.2, -0.15) is 0 Å². The maximum atomic E-state index is 12.1. The van der Waals surface area contributed by atoms with Gasteiger partial charge in [-0.3, -0.25) is 9.52 Å². The number of carbonyl (C=O) groups excluding carboxylic acids is 1. The Balaban J connectivity index is 2.30. The molecule has 2 aromatic rings. The van der Waals surface area contributed by atoms with E-state index in [-0.39, 0.29) is 21.8 Å². The van der Waals surface area contributed by atoms with Crippen LogP contribution in [-0.2, 0) is 10.0 Å². The van der Waals surface area contributed by atoms with Gasteiger partial charge in [-0.1, -0.05) is 6.07 Å². The fraction of sp³-hybridized carbons (Fsp3) is 0. The second kappa shape index (κ2) is 5.29. The summed E-state index contributed by atoms with van der Waals surface area (Å²) < 4.78 is 26.4. The second-order valence-electron chi connectivity index (χ2n) is 4.10. The number of aromatic amines is 1. The third-order valence-electron chi connectivity index (χ3n) is 2.60. The molecule has 0 unspecified atom stereocenters. The highest BCUT2D eigenvalue weighted by molar-refractivity contribution is 7.92. The van der Waals surface area contributed by atoms with Gasteiger partial charge in [0.15, 0.2) is 0 Å². The molecule has 0 aliphatic carbocycles. The molecule has 0 fully saturated rings. The zero-order valence-corrected chi connectivity index (χ0v) is 11.3. The Morgan fingerprint density at radius 1 is 1.24 bits per heavy atom. The molecular formula is C12H11N3O5S. The van der Waals surface area contributed by atoms with Crippen molar-refractivity contribution in [3.05, 3.63) is 47.8 Å². The van der Waals surface area contributed by atoms with Gasteiger partial charge in [-0.05, 0) is 24.3 Å². The molecule has 21 heavy (non-hydrogen) atoms. The molecule has 1 aromatic carbocycles. The van der Waals surface area contributed by atoms with Gasteiger partial charge in [-0.15, -0.1) is 0 Å². The van der Waals surface area contributed by atoms with Crippen LogP contribution >= 0.6 is 0 Å². The zero-order chi connectivity index (χ0) is 15.6. The third-order valence-corrected chi connectivity index (χ3v) is 3.96. The largest absolute Gasteiger partial charge is 0.477 e. The van der Waals surface area contributed by atoms with Crippen molar-refractivity contribution in [1.29, 1.82) is 0 Å². The van der Waals surface area contributed by atoms with Crippen LogP contribution in [0.25, 0.3) is 0 Å². The number of carboxylic acid groups (broad SMARTS) is 1. The molecule has 0 aliphatic heterocycles. The molecule has 110 valence electrons. The van der Waals surface area contributed by atoms with Gasteiger partial charge < -0.3 is 15.8 Å². The van der Waals surface area contributed by atoms with E-state index in [1.807, 2.05) is 0 Å². The first-order valence-electron chi connectivity index (χ1n) is 5.64. The minimum Gasteiger partial charge on any atom is -0.477 e. The molecule has 0 bridgehead atoms. The predicted molar refractivity (Wildman–Crippen MR) is 73.5 cm³/mol. The maximum Gasteiger partial charge on any atom is 0.352 e. The monoisotopic (exact) mass is 309 g/mol. The number of sulfonamides is 1. The fourth-order valence-electron chi connectivity index (χ4n) is 1.60. The fourth-order valence-corrected chi connectivity index (χ4v) is 2.65. The highest BCUT2D eigenvalue weighted by Crippen LogP contribution is 2.18. The zero-order valence-electron chi connectivity index (χ0n) is 10.5. The molecule has 2 rings (SSSR count). The first kappa shape index (κ1) is 14.6. The van der Waals surface area contributed by atoms with Gasteiger partial charge in [0.25, 0.3) is 10.0 Å². The quantitative estimate of drug-likeness (QED) is 0.640. The molecule has 0 spiro atoms. The summed E-state index contributed by atoms with van der Waals surface area (Å²) in [5.74, 6) is -1.96. The SMILES string of the molecule is NC(=O)c1cccc(NS(=O)(=O)c2c[nH]c(C(=O)O)c2)c1. The van der Waals surface area contributed by atoms with E-state index in [1.165, 1.54) is 24.3 Å². The molecule has 0 aliphatic rings. The van der Waals surface area contributed by atoms with Crippen molar-refractivity contribution in [1.82, 2.24) is 4.98 Å². The van der Waals surface area contributed by atoms with Crippen LogP contribution in [0.2, 0.25) is 0 Å². The van der Waals surface area contributed by atoms with Crippen LogP contribution in [0.5, 0.6) is 0 Å². The van der Waals surface area contributed by atoms with E-state index in [0.29, 0.717) is 0 Å². The van der Waals surface area contributed by atoms with E-state index < -0.39 is 21.9 Å². The average Bonchev–Trinajstić information content (AvgIpc) is 2.89. The summed E-state index contributed by atoms with van der Waals surface area (Å²) in [7, 11) is -3.97. The second-order valence-corrected chi connectivity index (χ2v) is 5.79. The van der Waals surface area contributed by atoms with Crippen molar-refractivity contribution in [2.24, 2.45) is 5.73 Å². The molecule has 1 amide bonds. The van der Waals surface area contributed by atoms with Crippen LogP contribution in [-0.4, -0.2) is 30.4 Å². The molecule has 9 heteroatoms. The van der Waals surface area contributed by atoms with Crippen molar-refractivity contribution in [3.63, 3.8) is 0 Å². The first-order chi connectivity index (χ1) is 9.79. The Bertz CT molecular complexity index is 810. The number of nitrogens with one attached hydrogen (secondary N) is 2. The number of primary amides is 1. The minimum absolute atomic E-state index is 0.143. The molecule has 8 nitrogen and oxygen atoms in total. The lowest BCUT2D eigenvalue weighted by atomic mass is 10.2. The lowest BCUT2D eigenvalue weighted by molar-refractivity contribution is 0.0691. The van der Waals surface area contributed by atoms with Gasteiger partial charge in [-0.25, -0.2) is 13.2 Å². The smallest absolute Gasteiger partial charge is 0.352 e. The summed E-state index contributed by atoms with van der Waals surface area (Å²) in [6, 6.07) is 6.62. The number of benzene rings is 1. The number of carboxylic acids is 1. The van der Waals surface area contributed by atoms with E-state index in [0.717, 1.165) is 12.3 Å². The average molecular weight is 309 g/mol. The summed E-state index contributed by atoms with van der Waals surface area (Å²) >= 11 is 0. The number of carbonyl (C=O) groups is 2. The summed E-state index contributed by atoms with van der Waals surface area (Å²) in [6.07, 6.45) is 1.06. The highest BCUT2D eigenvalue weighted by atomic mass is 32.2. The molecule has 1 aromatic heterocycles. The van der Waals surface area contributed by atoms with Crippen LogP contribution in [0.4, 0.5) is 5.69 Å². The predicted octanol–water partition coefficient (Wildman–Crippen LogP) is 0.613. The van der Waals surface area contributed by atoms with Crippen LogP contribution < -0.4 is 10.5 Å². The third kappa shape index (κ3) is 3.20. The Hall–Kier alpha value is -2.81. The Morgan fingerprint density at radius 3 is 2.52 bits per heavy atom. The van der Waals surface area contributed by atoms with Crippen molar-refractivity contribution in [3.8, 4) is 0 Å². The van der Waals surface area contributed by atoms with E-state index in [9.17, 15) is 18.0 Å². The summed E-state index contributed by atoms with van der Waals surface area (Å²) in [5.41, 5.74) is 5.15. The minimum atomic E-state index is -3.97. The number of H-pyrrole nitrogens is 1. The van der Waals surface area contributed by atoms with Crippen LogP contribution in [0.1, 0.15) is 20.8 Å². The molecule has 0 saturated carbocycles. The number of rotatable bonds is 5. The summed E-state index contributed by atoms with van der Waals surface area (Å²) in [5, 5.41) is 8.75. The van der Waals surface area contributed by atoms with Crippen molar-refractivity contribution >= 4 is 27.6 Å². The highest BCUT2D eigenvalue weighted by Gasteiger charge is 2.18. The number of aromatic carboxylic acids is 1. The molecule has 0 radical (unpaired) electrons. The van der Waals surface area contributed by atoms with E-state index >= 15 is 0 Å². The Kier molecular flexibility index (Phi) is 3.68. The number of aromatic nitrogens is 1. The standard InChI is InChI=1S/C12H11N3O5S/c13-11(16)7-2-1-3-8(4-7)15-21(19,20)9-5-10(12(17)18)14-6-9/h1-6,14-15H,(H2,13,16)(H,17,18). The van der Waals surface area contributed by atoms with Crippen molar-refractivity contribution < 1.29 is 23.1 Å². The number of anilines is 1. The van der Waals surface area contributed by atoms with E-state index in [4.69, 9.17) is 10.8 Å². The number of hydrogen-bond donors (Lipinski definition) is 4. The van der Waals surface area contributed by atoms with E-state index in [2.05, 4.69) is 9.71 Å². The lowest BCUT2D eigenvalue weighted by Gasteiger charge is -2.07. The number of hydrogen-bond acceptors (Lipinski definition) is 4. The number of nitrogens with two attached hydrogens (primary N) is 1.